The molecule has 2 aromatic rings. The van der Waals surface area contributed by atoms with Crippen molar-refractivity contribution in [1.82, 2.24) is 0 Å². The number of hydrogen-bond acceptors (Lipinski definition) is 4. The molecule has 1 amide bonds. The van der Waals surface area contributed by atoms with Crippen LogP contribution in [-0.2, 0) is 4.79 Å². The molecule has 1 fully saturated rings. The Hall–Kier alpha value is -1.85. The van der Waals surface area contributed by atoms with Gasteiger partial charge in [0.05, 0.1) is 12.0 Å². The van der Waals surface area contributed by atoms with E-state index in [9.17, 15) is 9.90 Å². The van der Waals surface area contributed by atoms with Crippen LogP contribution in [0.3, 0.4) is 0 Å². The van der Waals surface area contributed by atoms with Gasteiger partial charge in [0.15, 0.2) is 0 Å². The predicted octanol–water partition coefficient (Wildman–Crippen LogP) is 4.17. The van der Waals surface area contributed by atoms with Crippen molar-refractivity contribution in [3.8, 4) is 5.75 Å². The monoisotopic (exact) mass is 345 g/mol. The van der Waals surface area contributed by atoms with Gasteiger partial charge in [0.1, 0.15) is 11.9 Å². The first-order valence-corrected chi connectivity index (χ1v) is 9.35. The maximum absolute atomic E-state index is 12.3. The van der Waals surface area contributed by atoms with Crippen molar-refractivity contribution in [2.75, 3.05) is 5.32 Å². The average Bonchev–Trinajstić information content (AvgIpc) is 3.12. The van der Waals surface area contributed by atoms with Crippen molar-refractivity contribution >= 4 is 22.9 Å². The van der Waals surface area contributed by atoms with Crippen molar-refractivity contribution < 1.29 is 14.6 Å². The number of rotatable bonds is 5. The zero-order valence-electron chi connectivity index (χ0n) is 13.8. The average molecular weight is 345 g/mol. The molecule has 1 aliphatic carbocycles. The van der Waals surface area contributed by atoms with E-state index >= 15 is 0 Å². The highest BCUT2D eigenvalue weighted by Crippen LogP contribution is 2.25. The summed E-state index contributed by atoms with van der Waals surface area (Å²) in [6.45, 7) is 1.90. The minimum absolute atomic E-state index is 0.0234. The number of carbonyl (C=O) groups is 1. The summed E-state index contributed by atoms with van der Waals surface area (Å²) in [7, 11) is 0. The smallest absolute Gasteiger partial charge is 0.231 e. The molecular weight excluding hydrogens is 322 g/mol. The van der Waals surface area contributed by atoms with E-state index in [1.54, 1.807) is 11.3 Å². The van der Waals surface area contributed by atoms with Crippen LogP contribution in [0.5, 0.6) is 5.75 Å². The topological polar surface area (TPSA) is 58.6 Å². The van der Waals surface area contributed by atoms with E-state index < -0.39 is 0 Å². The quantitative estimate of drug-likeness (QED) is 0.855. The molecule has 4 nitrogen and oxygen atoms in total. The molecule has 0 bridgehead atoms. The molecule has 3 unspecified atom stereocenters. The second-order valence-electron chi connectivity index (χ2n) is 6.30. The van der Waals surface area contributed by atoms with Crippen molar-refractivity contribution in [2.24, 2.45) is 0 Å². The van der Waals surface area contributed by atoms with Crippen LogP contribution in [0.2, 0.25) is 0 Å². The summed E-state index contributed by atoms with van der Waals surface area (Å²) in [6, 6.07) is 9.32. The lowest BCUT2D eigenvalue weighted by Gasteiger charge is -2.28. The Morgan fingerprint density at radius 3 is 2.67 bits per heavy atom. The zero-order valence-corrected chi connectivity index (χ0v) is 14.6. The molecule has 5 heteroatoms. The third-order valence-corrected chi connectivity index (χ3v) is 5.21. The van der Waals surface area contributed by atoms with E-state index in [0.717, 1.165) is 42.7 Å². The molecule has 24 heavy (non-hydrogen) atoms. The standard InChI is InChI=1S/C19H23NO3S/c1-13(14-10-11-24-12-14)19(22)20-15-6-8-16(9-7-15)23-18-5-3-2-4-17(18)21/h6-13,17-18,21H,2-5H2,1H3,(H,20,22). The van der Waals surface area contributed by atoms with Crippen LogP contribution >= 0.6 is 11.3 Å². The van der Waals surface area contributed by atoms with Crippen molar-refractivity contribution in [2.45, 2.75) is 50.7 Å². The van der Waals surface area contributed by atoms with Crippen LogP contribution in [0.1, 0.15) is 44.1 Å². The molecule has 1 aliphatic rings. The maximum atomic E-state index is 12.3. The van der Waals surface area contributed by atoms with Gasteiger partial charge in [0, 0.05) is 5.69 Å². The fourth-order valence-electron chi connectivity index (χ4n) is 2.93. The molecule has 0 saturated heterocycles. The van der Waals surface area contributed by atoms with Crippen LogP contribution < -0.4 is 10.1 Å². The van der Waals surface area contributed by atoms with Gasteiger partial charge in [-0.3, -0.25) is 4.79 Å². The summed E-state index contributed by atoms with van der Waals surface area (Å²) < 4.78 is 5.87. The Labute approximate surface area is 146 Å². The van der Waals surface area contributed by atoms with Crippen LogP contribution in [0.4, 0.5) is 5.69 Å². The highest BCUT2D eigenvalue weighted by molar-refractivity contribution is 7.08. The van der Waals surface area contributed by atoms with Gasteiger partial charge in [0.25, 0.3) is 0 Å². The fourth-order valence-corrected chi connectivity index (χ4v) is 3.68. The normalized spacial score (nSPS) is 21.9. The number of hydrogen-bond donors (Lipinski definition) is 2. The number of thiophene rings is 1. The third-order valence-electron chi connectivity index (χ3n) is 4.51. The molecule has 0 spiro atoms. The lowest BCUT2D eigenvalue weighted by Crippen LogP contribution is -2.34. The Balaban J connectivity index is 1.57. The first-order valence-electron chi connectivity index (χ1n) is 8.41. The van der Waals surface area contributed by atoms with Gasteiger partial charge in [-0.05, 0) is 72.8 Å². The van der Waals surface area contributed by atoms with Crippen LogP contribution in [0.25, 0.3) is 0 Å². The van der Waals surface area contributed by atoms with E-state index in [1.165, 1.54) is 0 Å². The Morgan fingerprint density at radius 1 is 1.25 bits per heavy atom. The van der Waals surface area contributed by atoms with Crippen molar-refractivity contribution in [1.29, 1.82) is 0 Å². The van der Waals surface area contributed by atoms with Gasteiger partial charge in [0.2, 0.25) is 5.91 Å². The van der Waals surface area contributed by atoms with E-state index in [2.05, 4.69) is 5.32 Å². The van der Waals surface area contributed by atoms with Crippen molar-refractivity contribution in [3.63, 3.8) is 0 Å². The van der Waals surface area contributed by atoms with Gasteiger partial charge in [-0.15, -0.1) is 0 Å². The SMILES string of the molecule is CC(C(=O)Nc1ccc(OC2CCCCC2O)cc1)c1ccsc1. The Morgan fingerprint density at radius 2 is 2.00 bits per heavy atom. The van der Waals surface area contributed by atoms with Crippen LogP contribution in [-0.4, -0.2) is 23.2 Å². The number of benzene rings is 1. The number of amides is 1. The number of aliphatic hydroxyl groups is 1. The molecule has 128 valence electrons. The first-order chi connectivity index (χ1) is 11.6. The van der Waals surface area contributed by atoms with E-state index in [4.69, 9.17) is 4.74 Å². The summed E-state index contributed by atoms with van der Waals surface area (Å²) in [5.74, 6) is 0.527. The van der Waals surface area contributed by atoms with E-state index in [1.807, 2.05) is 48.0 Å². The lowest BCUT2D eigenvalue weighted by molar-refractivity contribution is -0.117. The third kappa shape index (κ3) is 4.16. The molecule has 2 N–H and O–H groups in total. The minimum Gasteiger partial charge on any atom is -0.488 e. The summed E-state index contributed by atoms with van der Waals surface area (Å²) in [4.78, 5) is 12.3. The number of anilines is 1. The van der Waals surface area contributed by atoms with Crippen LogP contribution in [0, 0.1) is 0 Å². The number of aliphatic hydroxyl groups excluding tert-OH is 1. The summed E-state index contributed by atoms with van der Waals surface area (Å²) in [6.07, 6.45) is 3.34. The molecule has 1 saturated carbocycles. The molecule has 3 rings (SSSR count). The van der Waals surface area contributed by atoms with Crippen molar-refractivity contribution in [3.05, 3.63) is 46.7 Å². The fraction of sp³-hybridized carbons (Fsp3) is 0.421. The van der Waals surface area contributed by atoms with E-state index in [-0.39, 0.29) is 24.0 Å². The number of ether oxygens (including phenoxy) is 1. The molecule has 0 aliphatic heterocycles. The van der Waals surface area contributed by atoms with Gasteiger partial charge < -0.3 is 15.2 Å². The Bertz CT molecular complexity index is 654. The predicted molar refractivity (Wildman–Crippen MR) is 96.7 cm³/mol. The first kappa shape index (κ1) is 17.0. The zero-order chi connectivity index (χ0) is 16.9. The number of nitrogens with one attached hydrogen (secondary N) is 1. The minimum atomic E-state index is -0.385. The van der Waals surface area contributed by atoms with E-state index in [0.29, 0.717) is 0 Å². The summed E-state index contributed by atoms with van der Waals surface area (Å²) in [5.41, 5.74) is 1.78. The van der Waals surface area contributed by atoms with Gasteiger partial charge in [-0.25, -0.2) is 0 Å². The van der Waals surface area contributed by atoms with Gasteiger partial charge in [-0.1, -0.05) is 6.42 Å². The highest BCUT2D eigenvalue weighted by Gasteiger charge is 2.24. The molecular formula is C19H23NO3S. The maximum Gasteiger partial charge on any atom is 0.231 e. The van der Waals surface area contributed by atoms with Crippen LogP contribution in [0.15, 0.2) is 41.1 Å². The molecule has 1 aromatic heterocycles. The van der Waals surface area contributed by atoms with Gasteiger partial charge >= 0.3 is 0 Å². The molecule has 3 atom stereocenters. The molecule has 0 radical (unpaired) electrons. The summed E-state index contributed by atoms with van der Waals surface area (Å²) >= 11 is 1.59. The molecule has 1 aromatic carbocycles. The van der Waals surface area contributed by atoms with Gasteiger partial charge in [-0.2, -0.15) is 11.3 Å². The lowest BCUT2D eigenvalue weighted by atomic mass is 9.95. The largest absolute Gasteiger partial charge is 0.488 e. The highest BCUT2D eigenvalue weighted by atomic mass is 32.1. The Kier molecular flexibility index (Phi) is 5.53. The number of carbonyl (C=O) groups excluding carboxylic acids is 1. The second kappa shape index (κ2) is 7.81. The summed E-state index contributed by atoms with van der Waals surface area (Å²) in [5, 5.41) is 16.9. The molecule has 1 heterocycles. The second-order valence-corrected chi connectivity index (χ2v) is 7.08.